The van der Waals surface area contributed by atoms with Crippen molar-refractivity contribution in [3.05, 3.63) is 24.3 Å². The van der Waals surface area contributed by atoms with Crippen molar-refractivity contribution in [2.75, 3.05) is 37.3 Å². The maximum absolute atomic E-state index is 12.0. The Morgan fingerprint density at radius 2 is 2.10 bits per heavy atom. The third-order valence-corrected chi connectivity index (χ3v) is 4.08. The molecular formula is C14H20ClN3O2S. The van der Waals surface area contributed by atoms with Crippen LogP contribution < -0.4 is 15.5 Å². The molecule has 21 heavy (non-hydrogen) atoms. The van der Waals surface area contributed by atoms with Crippen LogP contribution in [0, 0.1) is 0 Å². The minimum absolute atomic E-state index is 0. The molecule has 0 unspecified atom stereocenters. The summed E-state index contributed by atoms with van der Waals surface area (Å²) < 4.78 is 0. The van der Waals surface area contributed by atoms with E-state index in [1.807, 2.05) is 31.3 Å². The minimum atomic E-state index is -0.115. The van der Waals surface area contributed by atoms with E-state index in [0.29, 0.717) is 12.3 Å². The molecule has 1 aliphatic heterocycles. The number of halogens is 1. The van der Waals surface area contributed by atoms with Gasteiger partial charge in [0.05, 0.1) is 11.4 Å². The molecule has 2 amide bonds. The summed E-state index contributed by atoms with van der Waals surface area (Å²) in [5.41, 5.74) is 0.833. The number of benzene rings is 1. The fourth-order valence-electron chi connectivity index (χ4n) is 2.02. The Kier molecular flexibility index (Phi) is 7.56. The Labute approximate surface area is 135 Å². The van der Waals surface area contributed by atoms with E-state index in [1.54, 1.807) is 4.90 Å². The molecule has 1 aliphatic rings. The van der Waals surface area contributed by atoms with Crippen LogP contribution in [0.4, 0.5) is 5.69 Å². The molecule has 0 aliphatic carbocycles. The summed E-state index contributed by atoms with van der Waals surface area (Å²) >= 11 is 1.52. The number of nitrogens with one attached hydrogen (secondary N) is 2. The van der Waals surface area contributed by atoms with Gasteiger partial charge in [-0.1, -0.05) is 12.1 Å². The monoisotopic (exact) mass is 329 g/mol. The van der Waals surface area contributed by atoms with Crippen LogP contribution in [0.1, 0.15) is 6.42 Å². The van der Waals surface area contributed by atoms with E-state index in [4.69, 9.17) is 0 Å². The number of hydrogen-bond donors (Lipinski definition) is 2. The van der Waals surface area contributed by atoms with Gasteiger partial charge in [0, 0.05) is 11.4 Å². The summed E-state index contributed by atoms with van der Waals surface area (Å²) in [6.07, 6.45) is 0.878. The van der Waals surface area contributed by atoms with Crippen molar-refractivity contribution in [1.29, 1.82) is 0 Å². The van der Waals surface area contributed by atoms with Crippen LogP contribution in [0.25, 0.3) is 0 Å². The zero-order chi connectivity index (χ0) is 14.4. The first-order chi connectivity index (χ1) is 9.72. The van der Waals surface area contributed by atoms with Gasteiger partial charge in [-0.05, 0) is 32.1 Å². The third kappa shape index (κ3) is 4.91. The highest BCUT2D eigenvalue weighted by Gasteiger charge is 2.25. The normalized spacial score (nSPS) is 13.4. The highest BCUT2D eigenvalue weighted by atomic mass is 35.5. The Morgan fingerprint density at radius 3 is 2.86 bits per heavy atom. The minimum Gasteiger partial charge on any atom is -0.355 e. The van der Waals surface area contributed by atoms with Gasteiger partial charge in [0.25, 0.3) is 0 Å². The molecule has 7 heteroatoms. The molecule has 0 fully saturated rings. The largest absolute Gasteiger partial charge is 0.355 e. The van der Waals surface area contributed by atoms with Crippen molar-refractivity contribution in [3.63, 3.8) is 0 Å². The summed E-state index contributed by atoms with van der Waals surface area (Å²) in [5, 5.41) is 5.86. The van der Waals surface area contributed by atoms with Gasteiger partial charge in [0.1, 0.15) is 6.54 Å². The third-order valence-electron chi connectivity index (χ3n) is 3.04. The molecule has 2 rings (SSSR count). The first kappa shape index (κ1) is 17.8. The Balaban J connectivity index is 0.00000220. The topological polar surface area (TPSA) is 61.4 Å². The van der Waals surface area contributed by atoms with E-state index < -0.39 is 0 Å². The summed E-state index contributed by atoms with van der Waals surface area (Å²) in [6, 6.07) is 7.69. The number of thioether (sulfide) groups is 1. The fraction of sp³-hybridized carbons (Fsp3) is 0.429. The molecule has 0 bridgehead atoms. The van der Waals surface area contributed by atoms with Crippen LogP contribution in [0.15, 0.2) is 29.2 Å². The summed E-state index contributed by atoms with van der Waals surface area (Å²) in [5.74, 6) is 0.263. The predicted molar refractivity (Wildman–Crippen MR) is 88.3 cm³/mol. The Bertz CT molecular complexity index is 499. The van der Waals surface area contributed by atoms with Gasteiger partial charge in [-0.3, -0.25) is 9.59 Å². The van der Waals surface area contributed by atoms with Crippen LogP contribution >= 0.6 is 24.2 Å². The average Bonchev–Trinajstić information content (AvgIpc) is 2.47. The van der Waals surface area contributed by atoms with Gasteiger partial charge < -0.3 is 15.5 Å². The van der Waals surface area contributed by atoms with Crippen molar-refractivity contribution >= 4 is 41.7 Å². The summed E-state index contributed by atoms with van der Waals surface area (Å²) in [6.45, 7) is 1.58. The van der Waals surface area contributed by atoms with Gasteiger partial charge in [0.15, 0.2) is 0 Å². The molecule has 1 aromatic rings. The Morgan fingerprint density at radius 1 is 1.33 bits per heavy atom. The molecule has 0 saturated carbocycles. The number of fused-ring (bicyclic) bond motifs is 1. The number of nitrogens with zero attached hydrogens (tertiary/aromatic N) is 1. The van der Waals surface area contributed by atoms with Gasteiger partial charge in [-0.25, -0.2) is 0 Å². The molecule has 1 aromatic carbocycles. The van der Waals surface area contributed by atoms with Crippen molar-refractivity contribution in [3.8, 4) is 0 Å². The first-order valence-electron chi connectivity index (χ1n) is 6.66. The fourth-order valence-corrected chi connectivity index (χ4v) is 2.96. The first-order valence-corrected chi connectivity index (χ1v) is 7.64. The van der Waals surface area contributed by atoms with Crippen molar-refractivity contribution < 1.29 is 9.59 Å². The van der Waals surface area contributed by atoms with Gasteiger partial charge >= 0.3 is 0 Å². The van der Waals surface area contributed by atoms with Gasteiger partial charge in [-0.2, -0.15) is 0 Å². The van der Waals surface area contributed by atoms with E-state index in [2.05, 4.69) is 10.6 Å². The van der Waals surface area contributed by atoms with Crippen LogP contribution in [0.3, 0.4) is 0 Å². The SMILES string of the molecule is CNCCCNC(=O)CN1C(=O)CSc2ccccc21.Cl. The van der Waals surface area contributed by atoms with E-state index in [-0.39, 0.29) is 30.8 Å². The maximum Gasteiger partial charge on any atom is 0.240 e. The molecule has 0 radical (unpaired) electrons. The van der Waals surface area contributed by atoms with Crippen molar-refractivity contribution in [2.24, 2.45) is 0 Å². The lowest BCUT2D eigenvalue weighted by atomic mass is 10.2. The highest BCUT2D eigenvalue weighted by Crippen LogP contribution is 2.34. The molecule has 116 valence electrons. The van der Waals surface area contributed by atoms with Gasteiger partial charge in [0.2, 0.25) is 11.8 Å². The maximum atomic E-state index is 12.0. The summed E-state index contributed by atoms with van der Waals surface area (Å²) in [4.78, 5) is 26.5. The lowest BCUT2D eigenvalue weighted by Crippen LogP contribution is -2.43. The van der Waals surface area contributed by atoms with E-state index in [0.717, 1.165) is 23.5 Å². The van der Waals surface area contributed by atoms with Crippen LogP contribution in [0.5, 0.6) is 0 Å². The second kappa shape index (κ2) is 8.92. The van der Waals surface area contributed by atoms with E-state index in [9.17, 15) is 9.59 Å². The standard InChI is InChI=1S/C14H19N3O2S.ClH/c1-15-7-4-8-16-13(18)9-17-11-5-2-3-6-12(11)20-10-14(17)19;/h2-3,5-6,15H,4,7-10H2,1H3,(H,16,18);1H. The van der Waals surface area contributed by atoms with E-state index >= 15 is 0 Å². The number of carbonyl (C=O) groups is 2. The second-order valence-corrected chi connectivity index (χ2v) is 5.56. The number of para-hydroxylation sites is 1. The number of hydrogen-bond acceptors (Lipinski definition) is 4. The van der Waals surface area contributed by atoms with Crippen LogP contribution in [-0.4, -0.2) is 44.2 Å². The molecule has 0 saturated heterocycles. The Hall–Kier alpha value is -1.24. The number of carbonyl (C=O) groups excluding carboxylic acids is 2. The average molecular weight is 330 g/mol. The van der Waals surface area contributed by atoms with Crippen LogP contribution in [0.2, 0.25) is 0 Å². The van der Waals surface area contributed by atoms with Crippen molar-refractivity contribution in [1.82, 2.24) is 10.6 Å². The van der Waals surface area contributed by atoms with Crippen molar-refractivity contribution in [2.45, 2.75) is 11.3 Å². The van der Waals surface area contributed by atoms with E-state index in [1.165, 1.54) is 11.8 Å². The quantitative estimate of drug-likeness (QED) is 0.772. The molecule has 5 nitrogen and oxygen atoms in total. The second-order valence-electron chi connectivity index (χ2n) is 4.54. The number of rotatable bonds is 6. The summed E-state index contributed by atoms with van der Waals surface area (Å²) in [7, 11) is 1.88. The smallest absolute Gasteiger partial charge is 0.240 e. The molecule has 0 spiro atoms. The van der Waals surface area contributed by atoms with Crippen LogP contribution in [-0.2, 0) is 9.59 Å². The zero-order valence-electron chi connectivity index (χ0n) is 11.9. The predicted octanol–water partition coefficient (Wildman–Crippen LogP) is 1.27. The number of amides is 2. The zero-order valence-corrected chi connectivity index (χ0v) is 13.6. The molecular weight excluding hydrogens is 310 g/mol. The number of anilines is 1. The van der Waals surface area contributed by atoms with Gasteiger partial charge in [-0.15, -0.1) is 24.2 Å². The molecule has 2 N–H and O–H groups in total. The lowest BCUT2D eigenvalue weighted by Gasteiger charge is -2.28. The molecule has 0 atom stereocenters. The lowest BCUT2D eigenvalue weighted by molar-refractivity contribution is -0.122. The highest BCUT2D eigenvalue weighted by molar-refractivity contribution is 8.00. The molecule has 0 aromatic heterocycles. The molecule has 1 heterocycles.